The molecule has 4 rings (SSSR count). The second kappa shape index (κ2) is 11.6. The Morgan fingerprint density at radius 2 is 1.46 bits per heavy atom. The first kappa shape index (κ1) is 25.8. The molecule has 4 amide bonds. The van der Waals surface area contributed by atoms with E-state index in [0.717, 1.165) is 32.8 Å². The van der Waals surface area contributed by atoms with Crippen molar-refractivity contribution in [3.63, 3.8) is 0 Å². The van der Waals surface area contributed by atoms with Crippen molar-refractivity contribution in [1.29, 1.82) is 0 Å². The van der Waals surface area contributed by atoms with Crippen molar-refractivity contribution in [1.82, 2.24) is 15.3 Å². The maximum Gasteiger partial charge on any atom is 0.337 e. The van der Waals surface area contributed by atoms with Crippen LogP contribution in [0.15, 0.2) is 78.9 Å². The fraction of sp³-hybridized carbons (Fsp3) is 0.276. The molecule has 1 aliphatic rings. The Morgan fingerprint density at radius 1 is 0.892 bits per heavy atom. The van der Waals surface area contributed by atoms with Gasteiger partial charge in [0.15, 0.2) is 0 Å². The normalized spacial score (nSPS) is 12.0. The van der Waals surface area contributed by atoms with E-state index >= 15 is 0 Å². The lowest BCUT2D eigenvalue weighted by atomic mass is 9.98. The number of nitrogens with zero attached hydrogens (tertiary/aromatic N) is 2. The molecule has 0 heterocycles. The minimum atomic E-state index is -0.775. The van der Waals surface area contributed by atoms with E-state index in [1.807, 2.05) is 68.4 Å². The molecule has 8 nitrogen and oxygen atoms in total. The first-order chi connectivity index (χ1) is 17.8. The Balaban J connectivity index is 1.46. The maximum atomic E-state index is 13.1. The number of benzene rings is 3. The van der Waals surface area contributed by atoms with E-state index in [1.165, 1.54) is 4.90 Å². The number of esters is 1. The Labute approximate surface area is 217 Å². The zero-order chi connectivity index (χ0) is 26.4. The number of carbonyl (C=O) groups is 3. The average Bonchev–Trinajstić information content (AvgIpc) is 3.20. The van der Waals surface area contributed by atoms with Crippen LogP contribution >= 0.6 is 0 Å². The van der Waals surface area contributed by atoms with Gasteiger partial charge in [0, 0.05) is 19.0 Å². The number of nitrogens with two attached hydrogens (primary N) is 1. The van der Waals surface area contributed by atoms with Crippen molar-refractivity contribution in [3.8, 4) is 11.1 Å². The van der Waals surface area contributed by atoms with Crippen molar-refractivity contribution in [3.05, 3.63) is 95.6 Å². The molecule has 37 heavy (non-hydrogen) atoms. The number of hydrazine groups is 1. The third kappa shape index (κ3) is 6.27. The number of carbonyl (C=O) groups excluding carboxylic acids is 3. The summed E-state index contributed by atoms with van der Waals surface area (Å²) in [6.45, 7) is 4.08. The van der Waals surface area contributed by atoms with Crippen LogP contribution < -0.4 is 11.2 Å². The van der Waals surface area contributed by atoms with Crippen LogP contribution in [0.3, 0.4) is 0 Å². The van der Waals surface area contributed by atoms with Crippen LogP contribution in [0.25, 0.3) is 11.1 Å². The molecule has 0 atom stereocenters. The van der Waals surface area contributed by atoms with Crippen molar-refractivity contribution in [2.45, 2.75) is 26.3 Å². The highest BCUT2D eigenvalue weighted by molar-refractivity contribution is 5.83. The van der Waals surface area contributed by atoms with Crippen LogP contribution in [0, 0.1) is 5.92 Å². The van der Waals surface area contributed by atoms with Gasteiger partial charge in [-0.25, -0.2) is 20.0 Å². The van der Waals surface area contributed by atoms with E-state index in [9.17, 15) is 14.4 Å². The molecule has 8 heteroatoms. The topological polar surface area (TPSA) is 105 Å². The summed E-state index contributed by atoms with van der Waals surface area (Å²) in [5, 5.41) is 1.06. The number of urea groups is 2. The molecule has 0 saturated carbocycles. The van der Waals surface area contributed by atoms with E-state index in [1.54, 1.807) is 0 Å². The van der Waals surface area contributed by atoms with Crippen LogP contribution in [0.5, 0.6) is 0 Å². The van der Waals surface area contributed by atoms with Crippen LogP contribution in [0.1, 0.15) is 36.5 Å². The SMILES string of the molecule is CC(C)CN(NC(=O)N(CC(=O)OCC1c2ccccc2-c2ccccc21)Cc1ccccc1)C(N)=O. The molecule has 0 unspecified atom stereocenters. The maximum absolute atomic E-state index is 13.1. The van der Waals surface area contributed by atoms with Gasteiger partial charge in [0.1, 0.15) is 13.2 Å². The Bertz CT molecular complexity index is 1220. The van der Waals surface area contributed by atoms with Gasteiger partial charge in [-0.3, -0.25) is 4.79 Å². The third-order valence-corrected chi connectivity index (χ3v) is 6.24. The highest BCUT2D eigenvalue weighted by Crippen LogP contribution is 2.44. The highest BCUT2D eigenvalue weighted by Gasteiger charge is 2.30. The number of amides is 4. The fourth-order valence-corrected chi connectivity index (χ4v) is 4.56. The monoisotopic (exact) mass is 500 g/mol. The first-order valence-corrected chi connectivity index (χ1v) is 12.3. The molecule has 192 valence electrons. The van der Waals surface area contributed by atoms with Gasteiger partial charge in [-0.05, 0) is 33.7 Å². The number of nitrogens with one attached hydrogen (secondary N) is 1. The lowest BCUT2D eigenvalue weighted by Crippen LogP contribution is -2.55. The number of primary amides is 1. The quantitative estimate of drug-likeness (QED) is 0.351. The van der Waals surface area contributed by atoms with Gasteiger partial charge < -0.3 is 15.4 Å². The van der Waals surface area contributed by atoms with Crippen molar-refractivity contribution < 1.29 is 19.1 Å². The number of ether oxygens (including phenoxy) is 1. The van der Waals surface area contributed by atoms with Crippen LogP contribution in [-0.4, -0.2) is 47.6 Å². The van der Waals surface area contributed by atoms with Gasteiger partial charge in [-0.2, -0.15) is 0 Å². The van der Waals surface area contributed by atoms with Crippen LogP contribution in [-0.2, 0) is 16.1 Å². The largest absolute Gasteiger partial charge is 0.463 e. The highest BCUT2D eigenvalue weighted by atomic mass is 16.5. The molecule has 1 aliphatic carbocycles. The molecular weight excluding hydrogens is 468 g/mol. The zero-order valence-electron chi connectivity index (χ0n) is 21.1. The number of fused-ring (bicyclic) bond motifs is 3. The summed E-state index contributed by atoms with van der Waals surface area (Å²) in [6.07, 6.45) is 0. The summed E-state index contributed by atoms with van der Waals surface area (Å²) < 4.78 is 5.71. The molecule has 0 aliphatic heterocycles. The minimum absolute atomic E-state index is 0.0795. The summed E-state index contributed by atoms with van der Waals surface area (Å²) in [5.41, 5.74) is 13.3. The number of rotatable bonds is 8. The van der Waals surface area contributed by atoms with Gasteiger partial charge in [0.2, 0.25) is 0 Å². The van der Waals surface area contributed by atoms with E-state index in [-0.39, 0.29) is 38.1 Å². The first-order valence-electron chi connectivity index (χ1n) is 12.3. The average molecular weight is 501 g/mol. The predicted octanol–water partition coefficient (Wildman–Crippen LogP) is 4.51. The molecule has 0 bridgehead atoms. The van der Waals surface area contributed by atoms with Gasteiger partial charge in [0.25, 0.3) is 0 Å². The molecule has 0 radical (unpaired) electrons. The van der Waals surface area contributed by atoms with Gasteiger partial charge in [-0.1, -0.05) is 92.7 Å². The summed E-state index contributed by atoms with van der Waals surface area (Å²) in [4.78, 5) is 39.3. The van der Waals surface area contributed by atoms with Crippen molar-refractivity contribution in [2.24, 2.45) is 11.7 Å². The summed E-state index contributed by atoms with van der Waals surface area (Å²) in [5.74, 6) is -0.538. The number of hydrogen-bond donors (Lipinski definition) is 2. The van der Waals surface area contributed by atoms with Crippen LogP contribution in [0.2, 0.25) is 0 Å². The van der Waals surface area contributed by atoms with E-state index in [4.69, 9.17) is 10.5 Å². The fourth-order valence-electron chi connectivity index (χ4n) is 4.56. The smallest absolute Gasteiger partial charge is 0.337 e. The number of hydrogen-bond acceptors (Lipinski definition) is 4. The third-order valence-electron chi connectivity index (χ3n) is 6.24. The second-order valence-corrected chi connectivity index (χ2v) is 9.51. The molecule has 0 saturated heterocycles. The molecule has 3 N–H and O–H groups in total. The lowest BCUT2D eigenvalue weighted by molar-refractivity contribution is -0.144. The van der Waals surface area contributed by atoms with Crippen LogP contribution in [0.4, 0.5) is 9.59 Å². The van der Waals surface area contributed by atoms with E-state index < -0.39 is 18.0 Å². The van der Waals surface area contributed by atoms with E-state index in [2.05, 4.69) is 29.7 Å². The van der Waals surface area contributed by atoms with E-state index in [0.29, 0.717) is 0 Å². The van der Waals surface area contributed by atoms with Crippen molar-refractivity contribution >= 4 is 18.0 Å². The molecular formula is C29H32N4O4. The summed E-state index contributed by atoms with van der Waals surface area (Å²) >= 11 is 0. The zero-order valence-corrected chi connectivity index (χ0v) is 21.1. The van der Waals surface area contributed by atoms with Crippen molar-refractivity contribution in [2.75, 3.05) is 19.7 Å². The summed E-state index contributed by atoms with van der Waals surface area (Å²) in [7, 11) is 0. The summed E-state index contributed by atoms with van der Waals surface area (Å²) in [6, 6.07) is 24.1. The van der Waals surface area contributed by atoms with Gasteiger partial charge >= 0.3 is 18.0 Å². The Morgan fingerprint density at radius 3 is 2.03 bits per heavy atom. The predicted molar refractivity (Wildman–Crippen MR) is 141 cm³/mol. The molecule has 0 spiro atoms. The molecule has 3 aromatic carbocycles. The van der Waals surface area contributed by atoms with Gasteiger partial charge in [0.05, 0.1) is 0 Å². The minimum Gasteiger partial charge on any atom is -0.463 e. The standard InChI is InChI=1S/C29H32N4O4/c1-20(2)16-33(28(30)35)31-29(36)32(17-21-10-4-3-5-11-21)18-27(34)37-19-26-24-14-8-6-12-22(24)23-13-7-9-15-25(23)26/h3-15,20,26H,16-19H2,1-2H3,(H2,30,35)(H,31,36). The Hall–Kier alpha value is -4.33. The lowest BCUT2D eigenvalue weighted by Gasteiger charge is -2.28. The molecule has 0 aromatic heterocycles. The second-order valence-electron chi connectivity index (χ2n) is 9.51. The Kier molecular flexibility index (Phi) is 8.08. The molecule has 0 fully saturated rings. The molecule has 3 aromatic rings. The van der Waals surface area contributed by atoms with Gasteiger partial charge in [-0.15, -0.1) is 0 Å².